The van der Waals surface area contributed by atoms with Crippen LogP contribution in [0, 0.1) is 27.7 Å². The van der Waals surface area contributed by atoms with E-state index in [0.29, 0.717) is 18.9 Å². The Bertz CT molecular complexity index is 662. The van der Waals surface area contributed by atoms with Gasteiger partial charge < -0.3 is 10.6 Å². The Kier molecular flexibility index (Phi) is 5.09. The maximum atomic E-state index is 12.0. The lowest BCUT2D eigenvalue weighted by molar-refractivity contribution is -0.115. The van der Waals surface area contributed by atoms with Crippen LogP contribution in [0.2, 0.25) is 0 Å². The quantitative estimate of drug-likeness (QED) is 0.890. The van der Waals surface area contributed by atoms with Crippen LogP contribution < -0.4 is 10.6 Å². The van der Waals surface area contributed by atoms with E-state index in [9.17, 15) is 4.79 Å². The topological polar surface area (TPSA) is 66.9 Å². The van der Waals surface area contributed by atoms with Crippen LogP contribution in [-0.4, -0.2) is 22.4 Å². The Morgan fingerprint density at radius 3 is 2.41 bits per heavy atom. The van der Waals surface area contributed by atoms with Gasteiger partial charge in [-0.25, -0.2) is 9.97 Å². The van der Waals surface area contributed by atoms with Crippen molar-refractivity contribution in [2.24, 2.45) is 0 Å². The molecule has 5 heteroatoms. The first kappa shape index (κ1) is 15.9. The molecule has 116 valence electrons. The van der Waals surface area contributed by atoms with Gasteiger partial charge in [-0.15, -0.1) is 0 Å². The Morgan fingerprint density at radius 1 is 1.05 bits per heavy atom. The summed E-state index contributed by atoms with van der Waals surface area (Å²) in [5, 5.41) is 6.03. The zero-order chi connectivity index (χ0) is 16.1. The molecule has 5 nitrogen and oxygen atoms in total. The van der Waals surface area contributed by atoms with Gasteiger partial charge in [0.05, 0.1) is 0 Å². The van der Waals surface area contributed by atoms with Crippen LogP contribution >= 0.6 is 0 Å². The molecular formula is C17H22N4O. The number of nitrogens with zero attached hydrogens (tertiary/aromatic N) is 2. The first-order valence-electron chi connectivity index (χ1n) is 7.37. The van der Waals surface area contributed by atoms with Crippen molar-refractivity contribution < 1.29 is 4.79 Å². The number of carbonyl (C=O) groups excluding carboxylic acids is 1. The molecule has 2 aromatic rings. The number of aromatic nitrogens is 2. The van der Waals surface area contributed by atoms with Crippen molar-refractivity contribution in [1.29, 1.82) is 0 Å². The van der Waals surface area contributed by atoms with Crippen molar-refractivity contribution in [3.05, 3.63) is 46.8 Å². The number of benzene rings is 1. The molecule has 0 radical (unpaired) electrons. The van der Waals surface area contributed by atoms with Crippen molar-refractivity contribution in [3.8, 4) is 0 Å². The molecule has 1 aromatic carbocycles. The molecule has 0 saturated carbocycles. The average Bonchev–Trinajstić information content (AvgIpc) is 2.42. The third-order valence-electron chi connectivity index (χ3n) is 3.28. The Morgan fingerprint density at radius 2 is 1.73 bits per heavy atom. The smallest absolute Gasteiger partial charge is 0.226 e. The molecule has 0 aliphatic carbocycles. The van der Waals surface area contributed by atoms with Gasteiger partial charge in [0.15, 0.2) is 0 Å². The van der Waals surface area contributed by atoms with Crippen LogP contribution in [0.5, 0.6) is 0 Å². The molecule has 0 saturated heterocycles. The lowest BCUT2D eigenvalue weighted by Gasteiger charge is -2.10. The minimum absolute atomic E-state index is 0.0226. The second-order valence-electron chi connectivity index (χ2n) is 5.52. The van der Waals surface area contributed by atoms with Gasteiger partial charge in [0, 0.05) is 30.0 Å². The van der Waals surface area contributed by atoms with Crippen molar-refractivity contribution in [2.45, 2.75) is 34.1 Å². The number of carbonyl (C=O) groups is 1. The number of rotatable bonds is 5. The zero-order valence-electron chi connectivity index (χ0n) is 13.5. The predicted octanol–water partition coefficient (Wildman–Crippen LogP) is 3.15. The van der Waals surface area contributed by atoms with Gasteiger partial charge in [-0.3, -0.25) is 4.79 Å². The predicted molar refractivity (Wildman–Crippen MR) is 89.2 cm³/mol. The van der Waals surface area contributed by atoms with Crippen molar-refractivity contribution in [3.63, 3.8) is 0 Å². The number of hydrogen-bond acceptors (Lipinski definition) is 4. The number of anilines is 2. The van der Waals surface area contributed by atoms with Crippen LogP contribution in [0.4, 0.5) is 11.6 Å². The van der Waals surface area contributed by atoms with Crippen LogP contribution in [0.15, 0.2) is 24.3 Å². The molecule has 0 fully saturated rings. The molecule has 2 N–H and O–H groups in total. The molecule has 22 heavy (non-hydrogen) atoms. The summed E-state index contributed by atoms with van der Waals surface area (Å²) in [6.45, 7) is 8.34. The van der Waals surface area contributed by atoms with Crippen LogP contribution in [0.3, 0.4) is 0 Å². The van der Waals surface area contributed by atoms with Crippen LogP contribution in [-0.2, 0) is 4.79 Å². The number of aryl methyl sites for hydroxylation is 4. The van der Waals surface area contributed by atoms with Gasteiger partial charge in [0.25, 0.3) is 0 Å². The Balaban J connectivity index is 1.86. The number of hydrogen-bond donors (Lipinski definition) is 2. The average molecular weight is 298 g/mol. The standard InChI is InChI=1S/C17H22N4O/c1-11-5-6-12(2)15(9-11)21-16(22)7-8-18-17-19-13(3)10-14(4)20-17/h5-6,9-10H,7-8H2,1-4H3,(H,21,22)(H,18,19,20). The molecule has 0 spiro atoms. The fourth-order valence-electron chi connectivity index (χ4n) is 2.18. The molecule has 0 unspecified atom stereocenters. The molecular weight excluding hydrogens is 276 g/mol. The summed E-state index contributed by atoms with van der Waals surface area (Å²) in [6.07, 6.45) is 0.365. The van der Waals surface area contributed by atoms with E-state index in [1.165, 1.54) is 0 Å². The minimum Gasteiger partial charge on any atom is -0.354 e. The summed E-state index contributed by atoms with van der Waals surface area (Å²) < 4.78 is 0. The summed E-state index contributed by atoms with van der Waals surface area (Å²) in [4.78, 5) is 20.6. The van der Waals surface area contributed by atoms with Crippen molar-refractivity contribution in [1.82, 2.24) is 9.97 Å². The van der Waals surface area contributed by atoms with Gasteiger partial charge in [-0.2, -0.15) is 0 Å². The zero-order valence-corrected chi connectivity index (χ0v) is 13.5. The molecule has 2 rings (SSSR count). The maximum absolute atomic E-state index is 12.0. The van der Waals surface area contributed by atoms with E-state index >= 15 is 0 Å². The summed E-state index contributed by atoms with van der Waals surface area (Å²) in [6, 6.07) is 7.93. The first-order valence-corrected chi connectivity index (χ1v) is 7.37. The van der Waals surface area contributed by atoms with E-state index in [0.717, 1.165) is 28.2 Å². The minimum atomic E-state index is -0.0226. The van der Waals surface area contributed by atoms with Crippen molar-refractivity contribution in [2.75, 3.05) is 17.2 Å². The third-order valence-corrected chi connectivity index (χ3v) is 3.28. The normalized spacial score (nSPS) is 10.4. The summed E-state index contributed by atoms with van der Waals surface area (Å²) in [7, 11) is 0. The second-order valence-corrected chi connectivity index (χ2v) is 5.52. The SMILES string of the molecule is Cc1ccc(C)c(NC(=O)CCNc2nc(C)cc(C)n2)c1. The highest BCUT2D eigenvalue weighted by molar-refractivity contribution is 5.91. The maximum Gasteiger partial charge on any atom is 0.226 e. The fourth-order valence-corrected chi connectivity index (χ4v) is 2.18. The number of amides is 1. The summed E-state index contributed by atoms with van der Waals surface area (Å²) >= 11 is 0. The fraction of sp³-hybridized carbons (Fsp3) is 0.353. The summed E-state index contributed by atoms with van der Waals surface area (Å²) in [5.41, 5.74) is 4.88. The molecule has 0 atom stereocenters. The Labute approximate surface area is 131 Å². The van der Waals surface area contributed by atoms with E-state index in [1.807, 2.05) is 52.0 Å². The molecule has 0 aliphatic heterocycles. The van der Waals surface area contributed by atoms with E-state index in [2.05, 4.69) is 20.6 Å². The van der Waals surface area contributed by atoms with Gasteiger partial charge in [-0.05, 0) is 51.0 Å². The molecule has 0 bridgehead atoms. The largest absolute Gasteiger partial charge is 0.354 e. The van der Waals surface area contributed by atoms with Crippen LogP contribution in [0.1, 0.15) is 28.9 Å². The highest BCUT2D eigenvalue weighted by Gasteiger charge is 2.06. The molecule has 1 heterocycles. The van der Waals surface area contributed by atoms with Crippen LogP contribution in [0.25, 0.3) is 0 Å². The Hall–Kier alpha value is -2.43. The van der Waals surface area contributed by atoms with Gasteiger partial charge in [-0.1, -0.05) is 12.1 Å². The van der Waals surface area contributed by atoms with Gasteiger partial charge >= 0.3 is 0 Å². The van der Waals surface area contributed by atoms with Gasteiger partial charge in [0.1, 0.15) is 0 Å². The highest BCUT2D eigenvalue weighted by atomic mass is 16.1. The molecule has 0 aliphatic rings. The lowest BCUT2D eigenvalue weighted by Crippen LogP contribution is -2.17. The lowest BCUT2D eigenvalue weighted by atomic mass is 10.1. The molecule has 1 amide bonds. The number of nitrogens with one attached hydrogen (secondary N) is 2. The van der Waals surface area contributed by atoms with E-state index in [1.54, 1.807) is 0 Å². The van der Waals surface area contributed by atoms with E-state index < -0.39 is 0 Å². The monoisotopic (exact) mass is 298 g/mol. The van der Waals surface area contributed by atoms with Crippen molar-refractivity contribution >= 4 is 17.5 Å². The third kappa shape index (κ3) is 4.55. The van der Waals surface area contributed by atoms with E-state index in [4.69, 9.17) is 0 Å². The summed E-state index contributed by atoms with van der Waals surface area (Å²) in [5.74, 6) is 0.544. The van der Waals surface area contributed by atoms with E-state index in [-0.39, 0.29) is 5.91 Å². The first-order chi connectivity index (χ1) is 10.4. The molecule has 1 aromatic heterocycles. The second kappa shape index (κ2) is 7.02. The highest BCUT2D eigenvalue weighted by Crippen LogP contribution is 2.16. The van der Waals surface area contributed by atoms with Gasteiger partial charge in [0.2, 0.25) is 11.9 Å².